The lowest BCUT2D eigenvalue weighted by Crippen LogP contribution is -2.43. The summed E-state index contributed by atoms with van der Waals surface area (Å²) in [6, 6.07) is 12.3. The number of rotatable bonds is 19. The lowest BCUT2D eigenvalue weighted by molar-refractivity contribution is 0.0565. The van der Waals surface area contributed by atoms with Crippen LogP contribution in [0.2, 0.25) is 0 Å². The van der Waals surface area contributed by atoms with Gasteiger partial charge in [0.2, 0.25) is 0 Å². The molecule has 4 amide bonds. The zero-order valence-corrected chi connectivity index (χ0v) is 34.2. The Balaban J connectivity index is 1.51. The average Bonchev–Trinajstić information content (AvgIpc) is 3.20. The summed E-state index contributed by atoms with van der Waals surface area (Å²) in [6.07, 6.45) is 14.8. The molecule has 0 saturated heterocycles. The second kappa shape index (κ2) is 16.4. The smallest absolute Gasteiger partial charge is 0.261 e. The van der Waals surface area contributed by atoms with Crippen molar-refractivity contribution in [2.24, 2.45) is 11.8 Å². The van der Waals surface area contributed by atoms with Crippen molar-refractivity contribution in [3.8, 4) is 0 Å². The van der Waals surface area contributed by atoms with E-state index in [1.165, 1.54) is 9.80 Å². The van der Waals surface area contributed by atoms with Crippen LogP contribution in [-0.4, -0.2) is 46.5 Å². The highest BCUT2D eigenvalue weighted by Crippen LogP contribution is 2.49. The molecule has 2 heterocycles. The second-order valence-corrected chi connectivity index (χ2v) is 16.6. The Kier molecular flexibility index (Phi) is 11.6. The molecule has 55 heavy (non-hydrogen) atoms. The monoisotopic (exact) mass is 740 g/mol. The summed E-state index contributed by atoms with van der Waals surface area (Å²) in [7, 11) is 0. The summed E-state index contributed by atoms with van der Waals surface area (Å²) in [4.78, 5) is 61.1. The molecule has 0 saturated carbocycles. The molecule has 6 heteroatoms. The zero-order valence-electron chi connectivity index (χ0n) is 34.2. The predicted octanol–water partition coefficient (Wildman–Crippen LogP) is 12.4. The highest BCUT2D eigenvalue weighted by Gasteiger charge is 2.39. The molecule has 2 aliphatic rings. The van der Waals surface area contributed by atoms with Crippen LogP contribution in [0.25, 0.3) is 43.1 Å². The third-order valence-electron chi connectivity index (χ3n) is 13.0. The first kappa shape index (κ1) is 38.9. The minimum absolute atomic E-state index is 0.184. The number of hydrogen-bond acceptors (Lipinski definition) is 4. The lowest BCUT2D eigenvalue weighted by atomic mass is 9.78. The van der Waals surface area contributed by atoms with Gasteiger partial charge in [-0.1, -0.05) is 111 Å². The molecule has 0 bridgehead atoms. The van der Waals surface area contributed by atoms with Gasteiger partial charge in [0, 0.05) is 46.1 Å². The van der Waals surface area contributed by atoms with Crippen LogP contribution in [0.4, 0.5) is 0 Å². The van der Waals surface area contributed by atoms with Crippen molar-refractivity contribution in [3.05, 3.63) is 69.8 Å². The van der Waals surface area contributed by atoms with Gasteiger partial charge >= 0.3 is 0 Å². The maximum absolute atomic E-state index is 14.6. The molecule has 0 fully saturated rings. The first-order valence-electron chi connectivity index (χ1n) is 21.7. The number of aryl methyl sites for hydroxylation is 2. The number of hydrogen-bond donors (Lipinski definition) is 0. The molecule has 5 aromatic rings. The quantitative estimate of drug-likeness (QED) is 0.0366. The predicted molar refractivity (Wildman–Crippen MR) is 227 cm³/mol. The number of amides is 4. The Labute approximate surface area is 327 Å². The molecule has 2 aliphatic heterocycles. The Morgan fingerprint density at radius 2 is 0.836 bits per heavy atom. The maximum atomic E-state index is 14.6. The van der Waals surface area contributed by atoms with Crippen LogP contribution < -0.4 is 0 Å². The minimum atomic E-state index is -0.203. The summed E-state index contributed by atoms with van der Waals surface area (Å²) in [5.41, 5.74) is 4.65. The van der Waals surface area contributed by atoms with Crippen molar-refractivity contribution in [1.29, 1.82) is 0 Å². The molecule has 2 unspecified atom stereocenters. The molecule has 6 nitrogen and oxygen atoms in total. The van der Waals surface area contributed by atoms with E-state index in [1.807, 2.05) is 12.1 Å². The van der Waals surface area contributed by atoms with Gasteiger partial charge in [-0.2, -0.15) is 0 Å². The summed E-state index contributed by atoms with van der Waals surface area (Å²) >= 11 is 0. The Morgan fingerprint density at radius 3 is 1.24 bits per heavy atom. The van der Waals surface area contributed by atoms with Crippen molar-refractivity contribution in [1.82, 2.24) is 9.80 Å². The summed E-state index contributed by atoms with van der Waals surface area (Å²) in [6.45, 7) is 13.9. The van der Waals surface area contributed by atoms with E-state index in [9.17, 15) is 19.2 Å². The SMILES string of the molecule is CCCCCc1cc2c3c(ccc4c5c(CCCC)cc6c7c(ccc(c1c34)c75)C(=O)N(CC(CC)CCCC)C6=O)C(=O)N(CC(CC)CCCC)C2=O. The molecule has 0 spiro atoms. The second-order valence-electron chi connectivity index (χ2n) is 16.6. The van der Waals surface area contributed by atoms with Gasteiger partial charge < -0.3 is 0 Å². The first-order chi connectivity index (χ1) is 26.7. The molecule has 7 rings (SSSR count). The average molecular weight is 741 g/mol. The highest BCUT2D eigenvalue weighted by atomic mass is 16.2. The molecule has 290 valence electrons. The fourth-order valence-electron chi connectivity index (χ4n) is 9.74. The van der Waals surface area contributed by atoms with Gasteiger partial charge in [-0.25, -0.2) is 0 Å². The highest BCUT2D eigenvalue weighted by molar-refractivity contribution is 6.42. The fourth-order valence-corrected chi connectivity index (χ4v) is 9.74. The van der Waals surface area contributed by atoms with Crippen molar-refractivity contribution >= 4 is 66.7 Å². The fraction of sp³-hybridized carbons (Fsp3) is 0.510. The van der Waals surface area contributed by atoms with Crippen LogP contribution >= 0.6 is 0 Å². The van der Waals surface area contributed by atoms with E-state index in [4.69, 9.17) is 0 Å². The molecule has 0 radical (unpaired) electrons. The van der Waals surface area contributed by atoms with E-state index in [0.29, 0.717) is 35.3 Å². The molecular weight excluding hydrogens is 681 g/mol. The van der Waals surface area contributed by atoms with Crippen LogP contribution in [0, 0.1) is 11.8 Å². The third-order valence-corrected chi connectivity index (χ3v) is 13.0. The van der Waals surface area contributed by atoms with Crippen molar-refractivity contribution in [3.63, 3.8) is 0 Å². The van der Waals surface area contributed by atoms with Gasteiger partial charge in [-0.3, -0.25) is 29.0 Å². The molecule has 5 aromatic carbocycles. The molecule has 0 N–H and O–H groups in total. The summed E-state index contributed by atoms with van der Waals surface area (Å²) in [5.74, 6) is -0.240. The number of unbranched alkanes of at least 4 members (excludes halogenated alkanes) is 5. The van der Waals surface area contributed by atoms with Gasteiger partial charge in [0.05, 0.1) is 0 Å². The van der Waals surface area contributed by atoms with E-state index in [1.54, 1.807) is 0 Å². The Morgan fingerprint density at radius 1 is 0.436 bits per heavy atom. The topological polar surface area (TPSA) is 74.8 Å². The number of fused-ring (bicyclic) bond motifs is 2. The third kappa shape index (κ3) is 6.61. The van der Waals surface area contributed by atoms with Gasteiger partial charge in [-0.15, -0.1) is 0 Å². The van der Waals surface area contributed by atoms with Crippen LogP contribution in [0.1, 0.15) is 178 Å². The Bertz CT molecular complexity index is 2280. The number of carbonyl (C=O) groups excluding carboxylic acids is 4. The first-order valence-corrected chi connectivity index (χ1v) is 21.7. The van der Waals surface area contributed by atoms with E-state index in [-0.39, 0.29) is 35.5 Å². The number of nitrogens with zero attached hydrogens (tertiary/aromatic N) is 2. The minimum Gasteiger partial charge on any atom is -0.274 e. The van der Waals surface area contributed by atoms with Crippen molar-refractivity contribution in [2.45, 2.75) is 138 Å². The van der Waals surface area contributed by atoms with Crippen molar-refractivity contribution in [2.75, 3.05) is 13.1 Å². The largest absolute Gasteiger partial charge is 0.274 e. The van der Waals surface area contributed by atoms with Crippen molar-refractivity contribution < 1.29 is 19.2 Å². The molecule has 0 aliphatic carbocycles. The van der Waals surface area contributed by atoms with Gasteiger partial charge in [0.15, 0.2) is 0 Å². The number of carbonyl (C=O) groups is 4. The van der Waals surface area contributed by atoms with Gasteiger partial charge in [0.25, 0.3) is 23.6 Å². The van der Waals surface area contributed by atoms with E-state index >= 15 is 0 Å². The van der Waals surface area contributed by atoms with Gasteiger partial charge in [0.1, 0.15) is 0 Å². The molecule has 0 aromatic heterocycles. The van der Waals surface area contributed by atoms with E-state index in [0.717, 1.165) is 151 Å². The van der Waals surface area contributed by atoms with E-state index < -0.39 is 0 Å². The summed E-state index contributed by atoms with van der Waals surface area (Å²) in [5, 5.41) is 7.59. The van der Waals surface area contributed by atoms with Gasteiger partial charge in [-0.05, 0) is 118 Å². The molecular formula is C49H60N2O4. The molecule has 2 atom stereocenters. The Hall–Kier alpha value is -4.32. The number of imide groups is 2. The normalized spacial score (nSPS) is 15.5. The van der Waals surface area contributed by atoms with Crippen LogP contribution in [0.3, 0.4) is 0 Å². The van der Waals surface area contributed by atoms with Crippen LogP contribution in [0.5, 0.6) is 0 Å². The standard InChI is InChI=1S/C49H60N2O4/c1-7-13-17-21-33-27-39-43-37(47(53)51(49(39)55)29-31(12-6)19-15-9-3)24-22-34-40-32(20-16-10-4)26-38-42-36(25-23-35(44(40)42)41(33)45(34)43)46(52)50(48(38)54)28-30(11-5)18-14-8-2/h22-27,30-31H,7-21,28-29H2,1-6H3. The maximum Gasteiger partial charge on any atom is 0.261 e. The zero-order chi connectivity index (χ0) is 39.0. The van der Waals surface area contributed by atoms with Crippen LogP contribution in [-0.2, 0) is 12.8 Å². The number of benzene rings is 5. The van der Waals surface area contributed by atoms with E-state index in [2.05, 4.69) is 65.8 Å². The summed E-state index contributed by atoms with van der Waals surface area (Å²) < 4.78 is 0. The lowest BCUT2D eigenvalue weighted by Gasteiger charge is -2.33. The van der Waals surface area contributed by atoms with Crippen LogP contribution in [0.15, 0.2) is 36.4 Å².